The molecule has 0 aromatic heterocycles. The van der Waals surface area contributed by atoms with Crippen LogP contribution in [0.4, 0.5) is 18.9 Å². The Bertz CT molecular complexity index is 623. The van der Waals surface area contributed by atoms with Gasteiger partial charge in [0.1, 0.15) is 22.3 Å². The highest BCUT2D eigenvalue weighted by Crippen LogP contribution is 2.22. The van der Waals surface area contributed by atoms with Crippen molar-refractivity contribution in [3.05, 3.63) is 59.4 Å². The van der Waals surface area contributed by atoms with Crippen LogP contribution in [0.3, 0.4) is 0 Å². The summed E-state index contributed by atoms with van der Waals surface area (Å²) in [4.78, 5) is -0.543. The van der Waals surface area contributed by atoms with Crippen molar-refractivity contribution in [1.29, 1.82) is 0 Å². The molecule has 19 heavy (non-hydrogen) atoms. The van der Waals surface area contributed by atoms with Crippen molar-refractivity contribution in [3.8, 4) is 0 Å². The molecule has 2 rings (SSSR count). The molecule has 100 valence electrons. The summed E-state index contributed by atoms with van der Waals surface area (Å²) in [5.74, 6) is -2.59. The van der Waals surface area contributed by atoms with Gasteiger partial charge in [-0.1, -0.05) is 12.1 Å². The molecule has 2 aromatic carbocycles. The maximum absolute atomic E-state index is 13.6. The van der Waals surface area contributed by atoms with Crippen LogP contribution in [0.5, 0.6) is 0 Å². The van der Waals surface area contributed by atoms with Gasteiger partial charge in [-0.2, -0.15) is 0 Å². The zero-order valence-electron chi connectivity index (χ0n) is 9.70. The summed E-state index contributed by atoms with van der Waals surface area (Å²) in [6.45, 7) is 0. The third-order valence-corrected chi connectivity index (χ3v) is 3.88. The average Bonchev–Trinajstić information content (AvgIpc) is 2.27. The SMILES string of the molecule is Nc1cc(F)c(S(=O)Cc2cccc(F)c2)c(F)c1. The van der Waals surface area contributed by atoms with Gasteiger partial charge in [0.05, 0.1) is 16.6 Å². The van der Waals surface area contributed by atoms with Crippen LogP contribution in [0, 0.1) is 17.5 Å². The zero-order chi connectivity index (χ0) is 14.0. The second kappa shape index (κ2) is 5.44. The van der Waals surface area contributed by atoms with Gasteiger partial charge < -0.3 is 5.73 Å². The van der Waals surface area contributed by atoms with Crippen molar-refractivity contribution in [2.24, 2.45) is 0 Å². The first kappa shape index (κ1) is 13.6. The molecule has 1 atom stereocenters. The highest BCUT2D eigenvalue weighted by atomic mass is 32.2. The van der Waals surface area contributed by atoms with E-state index in [4.69, 9.17) is 5.73 Å². The lowest BCUT2D eigenvalue weighted by atomic mass is 10.2. The van der Waals surface area contributed by atoms with Crippen LogP contribution >= 0.6 is 0 Å². The summed E-state index contributed by atoms with van der Waals surface area (Å²) in [6, 6.07) is 7.19. The van der Waals surface area contributed by atoms with E-state index >= 15 is 0 Å². The summed E-state index contributed by atoms with van der Waals surface area (Å²) in [5.41, 5.74) is 5.59. The number of anilines is 1. The van der Waals surface area contributed by atoms with E-state index in [1.807, 2.05) is 0 Å². The Balaban J connectivity index is 2.31. The molecule has 1 unspecified atom stereocenters. The number of benzene rings is 2. The van der Waals surface area contributed by atoms with Crippen LogP contribution in [-0.2, 0) is 16.6 Å². The summed E-state index contributed by atoms with van der Waals surface area (Å²) in [7, 11) is -1.95. The lowest BCUT2D eigenvalue weighted by molar-refractivity contribution is 0.535. The van der Waals surface area contributed by atoms with Crippen molar-refractivity contribution in [2.45, 2.75) is 10.6 Å². The van der Waals surface area contributed by atoms with Gasteiger partial charge in [0.15, 0.2) is 0 Å². The summed E-state index contributed by atoms with van der Waals surface area (Å²) in [6.07, 6.45) is 0. The second-order valence-electron chi connectivity index (χ2n) is 3.93. The maximum atomic E-state index is 13.6. The fraction of sp³-hybridized carbons (Fsp3) is 0.0769. The highest BCUT2D eigenvalue weighted by molar-refractivity contribution is 7.84. The Hall–Kier alpha value is -1.82. The Morgan fingerprint density at radius 2 is 1.68 bits per heavy atom. The van der Waals surface area contributed by atoms with Gasteiger partial charge in [0.2, 0.25) is 0 Å². The third-order valence-electron chi connectivity index (χ3n) is 2.44. The number of hydrogen-bond donors (Lipinski definition) is 1. The Kier molecular flexibility index (Phi) is 3.90. The molecule has 0 aliphatic carbocycles. The molecule has 0 amide bonds. The summed E-state index contributed by atoms with van der Waals surface area (Å²) in [5, 5.41) is 0. The molecule has 2 nitrogen and oxygen atoms in total. The van der Waals surface area contributed by atoms with Crippen LogP contribution in [0.15, 0.2) is 41.3 Å². The van der Waals surface area contributed by atoms with E-state index in [9.17, 15) is 17.4 Å². The first-order chi connectivity index (χ1) is 8.97. The minimum absolute atomic E-state index is 0.0819. The van der Waals surface area contributed by atoms with Crippen LogP contribution in [0.2, 0.25) is 0 Å². The molecule has 0 saturated carbocycles. The molecule has 2 N–H and O–H groups in total. The number of hydrogen-bond acceptors (Lipinski definition) is 2. The fourth-order valence-corrected chi connectivity index (χ4v) is 2.83. The topological polar surface area (TPSA) is 43.1 Å². The third kappa shape index (κ3) is 3.14. The molecule has 2 aromatic rings. The smallest absolute Gasteiger partial charge is 0.144 e. The van der Waals surface area contributed by atoms with E-state index < -0.39 is 33.1 Å². The minimum atomic E-state index is -1.95. The van der Waals surface area contributed by atoms with E-state index in [1.165, 1.54) is 24.3 Å². The van der Waals surface area contributed by atoms with E-state index in [-0.39, 0.29) is 11.4 Å². The van der Waals surface area contributed by atoms with Crippen LogP contribution in [-0.4, -0.2) is 4.21 Å². The quantitative estimate of drug-likeness (QED) is 0.881. The molecule has 0 bridgehead atoms. The molecule has 0 aliphatic heterocycles. The van der Waals surface area contributed by atoms with Crippen molar-refractivity contribution in [1.82, 2.24) is 0 Å². The molecular formula is C13H10F3NOS. The largest absolute Gasteiger partial charge is 0.399 e. The lowest BCUT2D eigenvalue weighted by Gasteiger charge is -2.06. The van der Waals surface area contributed by atoms with Gasteiger partial charge in [-0.15, -0.1) is 0 Å². The zero-order valence-corrected chi connectivity index (χ0v) is 10.5. The molecule has 6 heteroatoms. The predicted octanol–water partition coefficient (Wildman–Crippen LogP) is 2.99. The van der Waals surface area contributed by atoms with Crippen molar-refractivity contribution >= 4 is 16.5 Å². The fourth-order valence-electron chi connectivity index (χ4n) is 1.65. The predicted molar refractivity (Wildman–Crippen MR) is 67.3 cm³/mol. The number of rotatable bonds is 3. The second-order valence-corrected chi connectivity index (χ2v) is 5.32. The van der Waals surface area contributed by atoms with Crippen LogP contribution in [0.1, 0.15) is 5.56 Å². The summed E-state index contributed by atoms with van der Waals surface area (Å²) >= 11 is 0. The number of halogens is 3. The lowest BCUT2D eigenvalue weighted by Crippen LogP contribution is -2.04. The molecule has 0 fully saturated rings. The highest BCUT2D eigenvalue weighted by Gasteiger charge is 2.17. The monoisotopic (exact) mass is 285 g/mol. The molecule has 0 spiro atoms. The molecule has 0 saturated heterocycles. The molecule has 0 heterocycles. The van der Waals surface area contributed by atoms with Gasteiger partial charge >= 0.3 is 0 Å². The molecule has 0 radical (unpaired) electrons. The van der Waals surface area contributed by atoms with Crippen LogP contribution in [0.25, 0.3) is 0 Å². The van der Waals surface area contributed by atoms with Crippen molar-refractivity contribution in [2.75, 3.05) is 5.73 Å². The van der Waals surface area contributed by atoms with E-state index in [0.29, 0.717) is 5.56 Å². The number of nitrogen functional groups attached to an aromatic ring is 1. The van der Waals surface area contributed by atoms with E-state index in [1.54, 1.807) is 0 Å². The number of nitrogens with two attached hydrogens (primary N) is 1. The van der Waals surface area contributed by atoms with Gasteiger partial charge in [0.25, 0.3) is 0 Å². The van der Waals surface area contributed by atoms with Gasteiger partial charge in [-0.05, 0) is 29.8 Å². The Morgan fingerprint density at radius 1 is 1.05 bits per heavy atom. The van der Waals surface area contributed by atoms with Gasteiger partial charge in [-0.25, -0.2) is 13.2 Å². The van der Waals surface area contributed by atoms with Crippen molar-refractivity contribution < 1.29 is 17.4 Å². The van der Waals surface area contributed by atoms with Crippen molar-refractivity contribution in [3.63, 3.8) is 0 Å². The normalized spacial score (nSPS) is 12.4. The Morgan fingerprint density at radius 3 is 2.26 bits per heavy atom. The van der Waals surface area contributed by atoms with E-state index in [0.717, 1.165) is 12.1 Å². The van der Waals surface area contributed by atoms with Gasteiger partial charge in [0, 0.05) is 5.69 Å². The van der Waals surface area contributed by atoms with Crippen LogP contribution < -0.4 is 5.73 Å². The first-order valence-electron chi connectivity index (χ1n) is 5.34. The first-order valence-corrected chi connectivity index (χ1v) is 6.66. The minimum Gasteiger partial charge on any atom is -0.399 e. The standard InChI is InChI=1S/C13H10F3NOS/c14-9-3-1-2-8(4-9)7-19(18)13-11(15)5-10(17)6-12(13)16/h1-6H,7,17H2. The summed E-state index contributed by atoms with van der Waals surface area (Å²) < 4.78 is 52.0. The van der Waals surface area contributed by atoms with E-state index in [2.05, 4.69) is 0 Å². The maximum Gasteiger partial charge on any atom is 0.144 e. The average molecular weight is 285 g/mol. The van der Waals surface area contributed by atoms with Gasteiger partial charge in [-0.3, -0.25) is 4.21 Å². The molecule has 0 aliphatic rings. The Labute approximate surface area is 110 Å². The molecular weight excluding hydrogens is 275 g/mol.